The van der Waals surface area contributed by atoms with Crippen LogP contribution in [0.15, 0.2) is 49.2 Å². The molecule has 4 rings (SSSR count). The van der Waals surface area contributed by atoms with E-state index in [-0.39, 0.29) is 5.75 Å². The molecule has 0 amide bonds. The van der Waals surface area contributed by atoms with Crippen molar-refractivity contribution in [3.63, 3.8) is 0 Å². The maximum atomic E-state index is 12.8. The van der Waals surface area contributed by atoms with Gasteiger partial charge in [0.15, 0.2) is 28.7 Å². The van der Waals surface area contributed by atoms with Gasteiger partial charge in [-0.25, -0.2) is 24.9 Å². The van der Waals surface area contributed by atoms with Gasteiger partial charge in [-0.2, -0.15) is 18.2 Å². The van der Waals surface area contributed by atoms with Gasteiger partial charge in [0.1, 0.15) is 11.8 Å². The van der Waals surface area contributed by atoms with Crippen molar-refractivity contribution in [2.75, 3.05) is 19.0 Å². The Kier molecular flexibility index (Phi) is 5.92. The van der Waals surface area contributed by atoms with E-state index in [1.54, 1.807) is 30.6 Å². The van der Waals surface area contributed by atoms with Gasteiger partial charge in [0.25, 0.3) is 0 Å². The van der Waals surface area contributed by atoms with E-state index in [4.69, 9.17) is 9.47 Å². The highest BCUT2D eigenvalue weighted by molar-refractivity contribution is 5.81. The second-order valence-corrected chi connectivity index (χ2v) is 6.44. The maximum Gasteiger partial charge on any atom is 0.433 e. The van der Waals surface area contributed by atoms with Gasteiger partial charge in [-0.1, -0.05) is 6.07 Å². The van der Waals surface area contributed by atoms with Crippen LogP contribution in [-0.4, -0.2) is 43.6 Å². The fourth-order valence-corrected chi connectivity index (χ4v) is 2.85. The van der Waals surface area contributed by atoms with Crippen LogP contribution < -0.4 is 14.8 Å². The summed E-state index contributed by atoms with van der Waals surface area (Å²) in [7, 11) is 1.43. The summed E-state index contributed by atoms with van der Waals surface area (Å²) in [6.45, 7) is 0.531. The number of halogens is 3. The van der Waals surface area contributed by atoms with Gasteiger partial charge in [0.2, 0.25) is 0 Å². The summed E-state index contributed by atoms with van der Waals surface area (Å²) in [5.74, 6) is 1.10. The molecule has 0 unspecified atom stereocenters. The average molecular weight is 443 g/mol. The highest BCUT2D eigenvalue weighted by Gasteiger charge is 2.33. The minimum atomic E-state index is -4.59. The van der Waals surface area contributed by atoms with E-state index in [9.17, 15) is 13.2 Å². The first-order chi connectivity index (χ1) is 15.4. The summed E-state index contributed by atoms with van der Waals surface area (Å²) >= 11 is 0. The fraction of sp³-hybridized carbons (Fsp3) is 0.200. The van der Waals surface area contributed by atoms with E-state index in [0.717, 1.165) is 17.8 Å². The number of alkyl halides is 3. The number of benzene rings is 1. The molecule has 0 aliphatic heterocycles. The van der Waals surface area contributed by atoms with Crippen molar-refractivity contribution < 1.29 is 22.6 Å². The van der Waals surface area contributed by atoms with Gasteiger partial charge in [-0.15, -0.1) is 0 Å². The molecule has 0 saturated heterocycles. The van der Waals surface area contributed by atoms with Gasteiger partial charge in [0.05, 0.1) is 7.11 Å². The molecule has 1 N–H and O–H groups in total. The van der Waals surface area contributed by atoms with Crippen molar-refractivity contribution in [1.29, 1.82) is 0 Å². The molecule has 164 valence electrons. The fourth-order valence-electron chi connectivity index (χ4n) is 2.85. The minimum absolute atomic E-state index is 0.195. The Morgan fingerprint density at radius 2 is 1.78 bits per heavy atom. The van der Waals surface area contributed by atoms with Crippen molar-refractivity contribution in [1.82, 2.24) is 29.9 Å². The summed E-state index contributed by atoms with van der Waals surface area (Å²) in [6.07, 6.45) is 1.52. The molecule has 0 saturated carbocycles. The molecule has 0 bridgehead atoms. The van der Waals surface area contributed by atoms with Crippen LogP contribution in [0, 0.1) is 0 Å². The molecule has 0 radical (unpaired) electrons. The predicted molar refractivity (Wildman–Crippen MR) is 107 cm³/mol. The molecule has 1 aromatic carbocycles. The lowest BCUT2D eigenvalue weighted by Gasteiger charge is -2.12. The Morgan fingerprint density at radius 3 is 2.59 bits per heavy atom. The molecule has 0 aliphatic rings. The zero-order valence-electron chi connectivity index (χ0n) is 16.7. The van der Waals surface area contributed by atoms with E-state index in [2.05, 4.69) is 35.2 Å². The highest BCUT2D eigenvalue weighted by atomic mass is 19.4. The van der Waals surface area contributed by atoms with Crippen molar-refractivity contribution in [3.8, 4) is 17.5 Å². The molecular weight excluding hydrogens is 427 g/mol. The number of nitrogens with zero attached hydrogens (tertiary/aromatic N) is 6. The molecule has 3 heterocycles. The molecule has 4 aromatic rings. The zero-order valence-corrected chi connectivity index (χ0v) is 16.7. The number of nitrogens with one attached hydrogen (secondary N) is 1. The predicted octanol–water partition coefficient (Wildman–Crippen LogP) is 3.68. The molecule has 0 spiro atoms. The quantitative estimate of drug-likeness (QED) is 0.457. The second kappa shape index (κ2) is 8.96. The second-order valence-electron chi connectivity index (χ2n) is 6.44. The van der Waals surface area contributed by atoms with Crippen LogP contribution in [0.3, 0.4) is 0 Å². The molecule has 0 atom stereocenters. The lowest BCUT2D eigenvalue weighted by atomic mass is 10.1. The number of hydrogen-bond acceptors (Lipinski definition) is 9. The smallest absolute Gasteiger partial charge is 0.433 e. The molecule has 32 heavy (non-hydrogen) atoms. The summed E-state index contributed by atoms with van der Waals surface area (Å²) < 4.78 is 49.3. The van der Waals surface area contributed by atoms with Gasteiger partial charge in [0, 0.05) is 25.1 Å². The van der Waals surface area contributed by atoms with Crippen molar-refractivity contribution >= 4 is 17.0 Å². The molecule has 0 aliphatic carbocycles. The SMILES string of the molecule is COc1cc(CCNc2ncnc3nccnc23)ccc1Oc1nccc(C(F)(F)F)n1. The van der Waals surface area contributed by atoms with Crippen LogP contribution in [-0.2, 0) is 12.6 Å². The van der Waals surface area contributed by atoms with Crippen molar-refractivity contribution in [2.24, 2.45) is 0 Å². The number of aromatic nitrogens is 6. The molecule has 3 aromatic heterocycles. The summed E-state index contributed by atoms with van der Waals surface area (Å²) in [5.41, 5.74) is 0.865. The first-order valence-corrected chi connectivity index (χ1v) is 9.34. The third-order valence-corrected chi connectivity index (χ3v) is 4.33. The van der Waals surface area contributed by atoms with E-state index < -0.39 is 17.9 Å². The van der Waals surface area contributed by atoms with Gasteiger partial charge in [-0.3, -0.25) is 0 Å². The van der Waals surface area contributed by atoms with Crippen molar-refractivity contribution in [3.05, 3.63) is 60.4 Å². The lowest BCUT2D eigenvalue weighted by molar-refractivity contribution is -0.141. The number of ether oxygens (including phenoxy) is 2. The Labute approximate surface area is 179 Å². The Bertz CT molecular complexity index is 1230. The van der Waals surface area contributed by atoms with E-state index in [0.29, 0.717) is 35.7 Å². The third-order valence-electron chi connectivity index (χ3n) is 4.33. The number of rotatable bonds is 7. The maximum absolute atomic E-state index is 12.8. The summed E-state index contributed by atoms with van der Waals surface area (Å²) in [4.78, 5) is 23.8. The Morgan fingerprint density at radius 1 is 0.938 bits per heavy atom. The first-order valence-electron chi connectivity index (χ1n) is 9.34. The zero-order chi connectivity index (χ0) is 22.6. The van der Waals surface area contributed by atoms with Gasteiger partial charge in [-0.05, 0) is 30.2 Å². The number of fused-ring (bicyclic) bond motifs is 1. The van der Waals surface area contributed by atoms with Crippen molar-refractivity contribution in [2.45, 2.75) is 12.6 Å². The topological polar surface area (TPSA) is 108 Å². The number of hydrogen-bond donors (Lipinski definition) is 1. The molecule has 0 fully saturated rings. The minimum Gasteiger partial charge on any atom is -0.493 e. The van der Waals surface area contributed by atoms with Crippen LogP contribution in [0.1, 0.15) is 11.3 Å². The number of methoxy groups -OCH3 is 1. The highest BCUT2D eigenvalue weighted by Crippen LogP contribution is 2.33. The average Bonchev–Trinajstić information content (AvgIpc) is 2.80. The molecule has 12 heteroatoms. The van der Waals surface area contributed by atoms with Crippen LogP contribution in [0.4, 0.5) is 19.0 Å². The Balaban J connectivity index is 1.44. The van der Waals surface area contributed by atoms with Crippen LogP contribution >= 0.6 is 0 Å². The van der Waals surface area contributed by atoms with Crippen LogP contribution in [0.2, 0.25) is 0 Å². The van der Waals surface area contributed by atoms with Crippen LogP contribution in [0.25, 0.3) is 11.2 Å². The number of anilines is 1. The molecular formula is C20H16F3N7O2. The molecule has 9 nitrogen and oxygen atoms in total. The van der Waals surface area contributed by atoms with E-state index in [1.807, 2.05) is 0 Å². The lowest BCUT2D eigenvalue weighted by Crippen LogP contribution is -2.09. The van der Waals surface area contributed by atoms with E-state index >= 15 is 0 Å². The van der Waals surface area contributed by atoms with Gasteiger partial charge < -0.3 is 14.8 Å². The van der Waals surface area contributed by atoms with E-state index in [1.165, 1.54) is 13.4 Å². The van der Waals surface area contributed by atoms with Gasteiger partial charge >= 0.3 is 12.2 Å². The monoisotopic (exact) mass is 443 g/mol. The Hall–Kier alpha value is -4.09. The summed E-state index contributed by atoms with van der Waals surface area (Å²) in [5, 5.41) is 3.20. The largest absolute Gasteiger partial charge is 0.493 e. The third kappa shape index (κ3) is 4.79. The normalized spacial score (nSPS) is 11.4. The standard InChI is InChI=1S/C20H16F3N7O2/c1-31-14-10-12(4-6-25-17-16-18(29-11-28-17)26-9-8-24-16)2-3-13(14)32-19-27-7-5-15(30-19)20(21,22)23/h2-3,5,7-11H,4,6H2,1H3,(H,25,26,28,29). The van der Waals surface area contributed by atoms with Crippen LogP contribution in [0.5, 0.6) is 17.5 Å². The first kappa shape index (κ1) is 21.2. The summed E-state index contributed by atoms with van der Waals surface area (Å²) in [6, 6.07) is 5.42.